The van der Waals surface area contributed by atoms with Gasteiger partial charge in [-0.3, -0.25) is 9.79 Å². The molecule has 128 valence electrons. The van der Waals surface area contributed by atoms with Gasteiger partial charge < -0.3 is 9.64 Å². The van der Waals surface area contributed by atoms with E-state index in [4.69, 9.17) is 21.3 Å². The van der Waals surface area contributed by atoms with Gasteiger partial charge in [-0.15, -0.1) is 0 Å². The van der Waals surface area contributed by atoms with Crippen LogP contribution in [0.25, 0.3) is 0 Å². The topological polar surface area (TPSA) is 54.8 Å². The van der Waals surface area contributed by atoms with Crippen molar-refractivity contribution in [2.75, 3.05) is 7.05 Å². The average Bonchev–Trinajstić information content (AvgIpc) is 2.55. The van der Waals surface area contributed by atoms with Gasteiger partial charge in [0.1, 0.15) is 22.3 Å². The fourth-order valence-corrected chi connectivity index (χ4v) is 3.81. The summed E-state index contributed by atoms with van der Waals surface area (Å²) in [5, 5.41) is -0.0168. The highest BCUT2D eigenvalue weighted by atomic mass is 79.9. The first-order chi connectivity index (χ1) is 11.8. The molecule has 4 rings (SSSR count). The fourth-order valence-electron chi connectivity index (χ4n) is 3.27. The number of nitrogens with zero attached hydrogens (tertiary/aromatic N) is 3. The Morgan fingerprint density at radius 3 is 2.84 bits per heavy atom. The zero-order chi connectivity index (χ0) is 17.9. The van der Waals surface area contributed by atoms with Gasteiger partial charge in [0, 0.05) is 22.6 Å². The Balaban J connectivity index is 2.10. The Labute approximate surface area is 156 Å². The lowest BCUT2D eigenvalue weighted by Crippen LogP contribution is -2.45. The first kappa shape index (κ1) is 16.5. The summed E-state index contributed by atoms with van der Waals surface area (Å²) in [6.45, 7) is 1.74. The Morgan fingerprint density at radius 1 is 1.36 bits per heavy atom. The van der Waals surface area contributed by atoms with Crippen molar-refractivity contribution in [3.63, 3.8) is 0 Å². The van der Waals surface area contributed by atoms with E-state index in [-0.39, 0.29) is 23.2 Å². The normalized spacial score (nSPS) is 21.6. The van der Waals surface area contributed by atoms with Crippen molar-refractivity contribution in [1.82, 2.24) is 9.88 Å². The number of carbonyl (C=O) groups excluding carboxylic acids is 1. The maximum absolute atomic E-state index is 14.4. The molecule has 1 amide bonds. The van der Waals surface area contributed by atoms with Crippen molar-refractivity contribution < 1.29 is 13.9 Å². The minimum absolute atomic E-state index is 0.0168. The average molecular weight is 425 g/mol. The third kappa shape index (κ3) is 2.37. The van der Waals surface area contributed by atoms with Gasteiger partial charge in [0.2, 0.25) is 5.91 Å². The van der Waals surface area contributed by atoms with Crippen LogP contribution in [0.4, 0.5) is 4.39 Å². The number of amidine groups is 1. The molecule has 2 aliphatic heterocycles. The molecule has 0 aliphatic carbocycles. The fraction of sp³-hybridized carbons (Fsp3) is 0.235. The first-order valence-corrected chi connectivity index (χ1v) is 8.66. The van der Waals surface area contributed by atoms with Crippen LogP contribution in [-0.2, 0) is 10.3 Å². The van der Waals surface area contributed by atoms with Crippen LogP contribution in [0.5, 0.6) is 11.5 Å². The minimum Gasteiger partial charge on any atom is -0.452 e. The first-order valence-electron chi connectivity index (χ1n) is 7.49. The number of fused-ring (bicyclic) bond motifs is 4. The van der Waals surface area contributed by atoms with Gasteiger partial charge in [0.05, 0.1) is 6.42 Å². The molecule has 1 aromatic carbocycles. The van der Waals surface area contributed by atoms with E-state index in [1.807, 2.05) is 6.07 Å². The molecular weight excluding hydrogens is 413 g/mol. The van der Waals surface area contributed by atoms with Crippen LogP contribution in [-0.4, -0.2) is 28.7 Å². The molecule has 1 spiro atoms. The maximum atomic E-state index is 14.4. The van der Waals surface area contributed by atoms with Crippen LogP contribution in [0.1, 0.15) is 24.5 Å². The quantitative estimate of drug-likeness (QED) is 0.594. The number of carbonyl (C=O) groups is 1. The Bertz CT molecular complexity index is 965. The SMILES string of the molecule is CC1=NC2(CC(=O)N1C)c1cc(Br)ccc1Oc1c2cc(Cl)nc1F. The second-order valence-corrected chi connectivity index (χ2v) is 7.31. The largest absolute Gasteiger partial charge is 0.452 e. The molecule has 0 saturated carbocycles. The number of amides is 1. The second kappa shape index (κ2) is 5.51. The monoisotopic (exact) mass is 423 g/mol. The lowest BCUT2D eigenvalue weighted by atomic mass is 9.77. The van der Waals surface area contributed by atoms with Crippen LogP contribution in [0, 0.1) is 5.95 Å². The highest BCUT2D eigenvalue weighted by Crippen LogP contribution is 2.53. The van der Waals surface area contributed by atoms with Crippen molar-refractivity contribution in [2.24, 2.45) is 4.99 Å². The molecule has 3 heterocycles. The maximum Gasteiger partial charge on any atom is 0.257 e. The molecule has 0 N–H and O–H groups in total. The summed E-state index contributed by atoms with van der Waals surface area (Å²) >= 11 is 9.42. The number of aliphatic imine (C=N–C) groups is 1. The Morgan fingerprint density at radius 2 is 2.12 bits per heavy atom. The molecule has 0 bridgehead atoms. The molecule has 1 aromatic heterocycles. The molecule has 1 atom stereocenters. The Hall–Kier alpha value is -1.99. The van der Waals surface area contributed by atoms with E-state index in [2.05, 4.69) is 20.9 Å². The van der Waals surface area contributed by atoms with E-state index in [0.717, 1.165) is 4.47 Å². The van der Waals surface area contributed by atoms with Crippen molar-refractivity contribution in [3.8, 4) is 11.5 Å². The number of hydrogen-bond acceptors (Lipinski definition) is 4. The number of pyridine rings is 1. The molecule has 0 radical (unpaired) electrons. The van der Waals surface area contributed by atoms with Crippen LogP contribution in [0.3, 0.4) is 0 Å². The summed E-state index contributed by atoms with van der Waals surface area (Å²) in [6, 6.07) is 6.84. The smallest absolute Gasteiger partial charge is 0.257 e. The van der Waals surface area contributed by atoms with Crippen LogP contribution < -0.4 is 4.74 Å². The van der Waals surface area contributed by atoms with E-state index in [0.29, 0.717) is 22.7 Å². The predicted molar refractivity (Wildman–Crippen MR) is 94.7 cm³/mol. The van der Waals surface area contributed by atoms with Crippen LogP contribution in [0.2, 0.25) is 5.15 Å². The molecule has 25 heavy (non-hydrogen) atoms. The van der Waals surface area contributed by atoms with Crippen molar-refractivity contribution in [1.29, 1.82) is 0 Å². The van der Waals surface area contributed by atoms with Gasteiger partial charge in [0.25, 0.3) is 5.95 Å². The summed E-state index contributed by atoms with van der Waals surface area (Å²) in [7, 11) is 1.66. The summed E-state index contributed by atoms with van der Waals surface area (Å²) in [6.07, 6.45) is 0.0421. The molecule has 0 fully saturated rings. The molecule has 2 aliphatic rings. The van der Waals surface area contributed by atoms with E-state index >= 15 is 0 Å². The van der Waals surface area contributed by atoms with Gasteiger partial charge in [-0.2, -0.15) is 4.39 Å². The summed E-state index contributed by atoms with van der Waals surface area (Å²) < 4.78 is 21.0. The van der Waals surface area contributed by atoms with Gasteiger partial charge in [0.15, 0.2) is 5.75 Å². The van der Waals surface area contributed by atoms with Crippen molar-refractivity contribution in [3.05, 3.63) is 51.0 Å². The van der Waals surface area contributed by atoms with Gasteiger partial charge >= 0.3 is 0 Å². The van der Waals surface area contributed by atoms with Gasteiger partial charge in [-0.1, -0.05) is 27.5 Å². The van der Waals surface area contributed by atoms with E-state index in [1.54, 1.807) is 26.1 Å². The number of aromatic nitrogens is 1. The number of benzene rings is 1. The lowest BCUT2D eigenvalue weighted by molar-refractivity contribution is -0.128. The molecule has 5 nitrogen and oxygen atoms in total. The molecular formula is C17H12BrClFN3O2. The van der Waals surface area contributed by atoms with E-state index < -0.39 is 11.5 Å². The molecule has 0 saturated heterocycles. The van der Waals surface area contributed by atoms with Gasteiger partial charge in [-0.25, -0.2) is 4.98 Å². The zero-order valence-electron chi connectivity index (χ0n) is 13.3. The lowest BCUT2D eigenvalue weighted by Gasteiger charge is -2.41. The zero-order valence-corrected chi connectivity index (χ0v) is 15.7. The highest BCUT2D eigenvalue weighted by Gasteiger charge is 2.48. The van der Waals surface area contributed by atoms with Crippen LogP contribution in [0.15, 0.2) is 33.7 Å². The minimum atomic E-state index is -1.10. The van der Waals surface area contributed by atoms with Crippen molar-refractivity contribution >= 4 is 39.3 Å². The second-order valence-electron chi connectivity index (χ2n) is 6.00. The highest BCUT2D eigenvalue weighted by molar-refractivity contribution is 9.10. The van der Waals surface area contributed by atoms with E-state index in [1.165, 1.54) is 11.0 Å². The van der Waals surface area contributed by atoms with E-state index in [9.17, 15) is 9.18 Å². The summed E-state index contributed by atoms with van der Waals surface area (Å²) in [4.78, 5) is 22.5. The summed E-state index contributed by atoms with van der Waals surface area (Å²) in [5.74, 6) is -0.0292. The third-order valence-electron chi connectivity index (χ3n) is 4.56. The van der Waals surface area contributed by atoms with Crippen molar-refractivity contribution in [2.45, 2.75) is 18.9 Å². The number of hydrogen-bond donors (Lipinski definition) is 0. The predicted octanol–water partition coefficient (Wildman–Crippen LogP) is 4.27. The third-order valence-corrected chi connectivity index (χ3v) is 5.25. The molecule has 2 aromatic rings. The number of halogens is 3. The number of ether oxygens (including phenoxy) is 1. The number of rotatable bonds is 0. The van der Waals surface area contributed by atoms with Crippen LogP contribution >= 0.6 is 27.5 Å². The summed E-state index contributed by atoms with van der Waals surface area (Å²) in [5.41, 5.74) is -0.0263. The molecule has 8 heteroatoms. The molecule has 1 unspecified atom stereocenters. The standard InChI is InChI=1S/C17H12BrClFN3O2/c1-8-22-17(7-14(24)23(8)2)10-5-9(18)3-4-12(10)25-15-11(17)6-13(19)21-16(15)20/h3-6H,7H2,1-2H3. The Kier molecular flexibility index (Phi) is 3.63. The van der Waals surface area contributed by atoms with Gasteiger partial charge in [-0.05, 0) is 31.2 Å².